The van der Waals surface area contributed by atoms with Crippen LogP contribution in [-0.4, -0.2) is 0 Å². The van der Waals surface area contributed by atoms with E-state index in [4.69, 9.17) is 5.26 Å². The van der Waals surface area contributed by atoms with Gasteiger partial charge in [-0.05, 0) is 13.3 Å². The number of hydrogen-bond acceptors (Lipinski definition) is 1. The van der Waals surface area contributed by atoms with Gasteiger partial charge < -0.3 is 0 Å². The zero-order valence-corrected chi connectivity index (χ0v) is 6.83. The largest absolute Gasteiger partial charge is 0.198 e. The highest BCUT2D eigenvalue weighted by Crippen LogP contribution is 1.88. The molecule has 0 spiro atoms. The first-order valence-electron chi connectivity index (χ1n) is 3.73. The van der Waals surface area contributed by atoms with Crippen molar-refractivity contribution in [3.8, 4) is 6.07 Å². The van der Waals surface area contributed by atoms with Gasteiger partial charge in [-0.3, -0.25) is 0 Å². The van der Waals surface area contributed by atoms with Gasteiger partial charge in [-0.25, -0.2) is 0 Å². The van der Waals surface area contributed by atoms with Crippen molar-refractivity contribution in [2.45, 2.75) is 19.8 Å². The van der Waals surface area contributed by atoms with Crippen LogP contribution in [0.15, 0.2) is 36.5 Å². The minimum atomic E-state index is 0.605. The molecule has 0 unspecified atom stereocenters. The van der Waals surface area contributed by atoms with Crippen LogP contribution in [0.2, 0.25) is 0 Å². The van der Waals surface area contributed by atoms with E-state index >= 15 is 0 Å². The molecule has 0 rings (SSSR count). The summed E-state index contributed by atoms with van der Waals surface area (Å²) in [6.07, 6.45) is 13.2. The molecule has 0 radical (unpaired) electrons. The number of rotatable bonds is 4. The molecule has 0 aromatic carbocycles. The Balaban J connectivity index is 3.37. The monoisotopic (exact) mass is 147 g/mol. The van der Waals surface area contributed by atoms with E-state index < -0.39 is 0 Å². The number of hydrogen-bond donors (Lipinski definition) is 0. The van der Waals surface area contributed by atoms with Gasteiger partial charge in [0.25, 0.3) is 0 Å². The summed E-state index contributed by atoms with van der Waals surface area (Å²) in [7, 11) is 0. The third-order valence-electron chi connectivity index (χ3n) is 1.08. The highest BCUT2D eigenvalue weighted by molar-refractivity contribution is 5.10. The van der Waals surface area contributed by atoms with Crippen LogP contribution in [0.4, 0.5) is 0 Å². The molecule has 0 heterocycles. The van der Waals surface area contributed by atoms with Gasteiger partial charge in [0.15, 0.2) is 0 Å². The quantitative estimate of drug-likeness (QED) is 0.443. The topological polar surface area (TPSA) is 23.8 Å². The molecular weight excluding hydrogens is 134 g/mol. The van der Waals surface area contributed by atoms with Gasteiger partial charge in [0.05, 0.1) is 6.07 Å². The lowest BCUT2D eigenvalue weighted by Crippen LogP contribution is -1.61. The summed E-state index contributed by atoms with van der Waals surface area (Å²) in [5.41, 5.74) is 0. The maximum absolute atomic E-state index is 8.19. The van der Waals surface area contributed by atoms with Gasteiger partial charge in [0, 0.05) is 6.42 Å². The fourth-order valence-corrected chi connectivity index (χ4v) is 0.562. The molecule has 11 heavy (non-hydrogen) atoms. The SMILES string of the molecule is C/C=C/C=C/C=C\CCC#N. The summed E-state index contributed by atoms with van der Waals surface area (Å²) in [5.74, 6) is 0. The predicted molar refractivity (Wildman–Crippen MR) is 47.9 cm³/mol. The third-order valence-corrected chi connectivity index (χ3v) is 1.08. The Hall–Kier alpha value is -1.29. The fourth-order valence-electron chi connectivity index (χ4n) is 0.562. The first kappa shape index (κ1) is 9.71. The molecule has 1 heteroatoms. The first-order chi connectivity index (χ1) is 5.41. The smallest absolute Gasteiger partial charge is 0.0625 e. The summed E-state index contributed by atoms with van der Waals surface area (Å²) in [6.45, 7) is 1.98. The Bertz CT molecular complexity index is 191. The normalized spacial score (nSPS) is 11.6. The van der Waals surface area contributed by atoms with Crippen molar-refractivity contribution in [1.29, 1.82) is 5.26 Å². The van der Waals surface area contributed by atoms with Gasteiger partial charge in [-0.1, -0.05) is 36.5 Å². The van der Waals surface area contributed by atoms with Crippen LogP contribution in [0.1, 0.15) is 19.8 Å². The lowest BCUT2D eigenvalue weighted by Gasteiger charge is -1.77. The average Bonchev–Trinajstić information content (AvgIpc) is 2.03. The molecule has 0 saturated carbocycles. The van der Waals surface area contributed by atoms with E-state index in [9.17, 15) is 0 Å². The zero-order valence-electron chi connectivity index (χ0n) is 6.83. The number of nitriles is 1. The van der Waals surface area contributed by atoms with E-state index in [2.05, 4.69) is 6.07 Å². The molecule has 0 aliphatic rings. The molecule has 0 aromatic heterocycles. The molecule has 0 saturated heterocycles. The maximum Gasteiger partial charge on any atom is 0.0625 e. The van der Waals surface area contributed by atoms with Crippen molar-refractivity contribution in [3.05, 3.63) is 36.5 Å². The second kappa shape index (κ2) is 8.71. The molecular formula is C10H13N. The van der Waals surface area contributed by atoms with E-state index in [-0.39, 0.29) is 0 Å². The summed E-state index contributed by atoms with van der Waals surface area (Å²) >= 11 is 0. The summed E-state index contributed by atoms with van der Waals surface area (Å²) in [6, 6.07) is 2.08. The summed E-state index contributed by atoms with van der Waals surface area (Å²) in [5, 5.41) is 8.19. The predicted octanol–water partition coefficient (Wildman–Crippen LogP) is 2.98. The Morgan fingerprint density at radius 1 is 1.18 bits per heavy atom. The molecule has 1 nitrogen and oxygen atoms in total. The lowest BCUT2D eigenvalue weighted by molar-refractivity contribution is 1.06. The molecule has 0 N–H and O–H groups in total. The van der Waals surface area contributed by atoms with Crippen LogP contribution in [0.25, 0.3) is 0 Å². The van der Waals surface area contributed by atoms with Gasteiger partial charge >= 0.3 is 0 Å². The van der Waals surface area contributed by atoms with Gasteiger partial charge in [-0.15, -0.1) is 0 Å². The third kappa shape index (κ3) is 8.71. The Kier molecular flexibility index (Phi) is 7.69. The maximum atomic E-state index is 8.19. The van der Waals surface area contributed by atoms with Crippen LogP contribution in [-0.2, 0) is 0 Å². The van der Waals surface area contributed by atoms with E-state index in [0.29, 0.717) is 6.42 Å². The fraction of sp³-hybridized carbons (Fsp3) is 0.300. The van der Waals surface area contributed by atoms with Crippen LogP contribution in [0, 0.1) is 11.3 Å². The van der Waals surface area contributed by atoms with Crippen LogP contribution in [0.5, 0.6) is 0 Å². The zero-order chi connectivity index (χ0) is 8.36. The Labute approximate surface area is 68.3 Å². The molecule has 58 valence electrons. The van der Waals surface area contributed by atoms with E-state index in [0.717, 1.165) is 6.42 Å². The van der Waals surface area contributed by atoms with Gasteiger partial charge in [0.2, 0.25) is 0 Å². The van der Waals surface area contributed by atoms with Crippen LogP contribution < -0.4 is 0 Å². The van der Waals surface area contributed by atoms with Gasteiger partial charge in [0.1, 0.15) is 0 Å². The van der Waals surface area contributed by atoms with E-state index in [1.54, 1.807) is 0 Å². The standard InChI is InChI=1S/C10H13N/c1-2-3-4-5-6-7-8-9-10-11/h2-7H,8-9H2,1H3/b3-2+,5-4+,7-6-. The summed E-state index contributed by atoms with van der Waals surface area (Å²) < 4.78 is 0. The van der Waals surface area contributed by atoms with Crippen molar-refractivity contribution in [2.24, 2.45) is 0 Å². The number of allylic oxidation sites excluding steroid dienone is 6. The molecule has 0 bridgehead atoms. The second-order valence-electron chi connectivity index (χ2n) is 2.04. The van der Waals surface area contributed by atoms with E-state index in [1.165, 1.54) is 0 Å². The lowest BCUT2D eigenvalue weighted by atomic mass is 10.3. The molecule has 0 aliphatic carbocycles. The Morgan fingerprint density at radius 3 is 2.55 bits per heavy atom. The van der Waals surface area contributed by atoms with Gasteiger partial charge in [-0.2, -0.15) is 5.26 Å². The second-order valence-corrected chi connectivity index (χ2v) is 2.04. The highest BCUT2D eigenvalue weighted by Gasteiger charge is 1.73. The van der Waals surface area contributed by atoms with Crippen LogP contribution in [0.3, 0.4) is 0 Å². The first-order valence-corrected chi connectivity index (χ1v) is 3.73. The number of unbranched alkanes of at least 4 members (excludes halogenated alkanes) is 1. The molecule has 0 aromatic rings. The van der Waals surface area contributed by atoms with Crippen molar-refractivity contribution in [2.75, 3.05) is 0 Å². The van der Waals surface area contributed by atoms with Crippen molar-refractivity contribution < 1.29 is 0 Å². The highest BCUT2D eigenvalue weighted by atomic mass is 14.2. The van der Waals surface area contributed by atoms with Crippen molar-refractivity contribution in [3.63, 3.8) is 0 Å². The van der Waals surface area contributed by atoms with Crippen LogP contribution >= 0.6 is 0 Å². The minimum absolute atomic E-state index is 0.605. The molecule has 0 fully saturated rings. The van der Waals surface area contributed by atoms with Crippen molar-refractivity contribution in [1.82, 2.24) is 0 Å². The Morgan fingerprint density at radius 2 is 1.91 bits per heavy atom. The average molecular weight is 147 g/mol. The molecule has 0 atom stereocenters. The van der Waals surface area contributed by atoms with E-state index in [1.807, 2.05) is 43.4 Å². The van der Waals surface area contributed by atoms with Crippen molar-refractivity contribution >= 4 is 0 Å². The number of nitrogens with zero attached hydrogens (tertiary/aromatic N) is 1. The molecule has 0 amide bonds. The molecule has 0 aliphatic heterocycles. The summed E-state index contributed by atoms with van der Waals surface area (Å²) in [4.78, 5) is 0. The minimum Gasteiger partial charge on any atom is -0.198 e.